The van der Waals surface area contributed by atoms with E-state index in [0.717, 1.165) is 25.6 Å². The van der Waals surface area contributed by atoms with Crippen LogP contribution in [-0.4, -0.2) is 35.7 Å². The molecular weight excluding hydrogens is 733 g/mol. The number of nitrogens with zero attached hydrogens (tertiary/aromatic N) is 1. The number of aliphatic hydroxyl groups is 1. The van der Waals surface area contributed by atoms with Crippen molar-refractivity contribution in [1.29, 1.82) is 0 Å². The van der Waals surface area contributed by atoms with Crippen molar-refractivity contribution in [2.24, 2.45) is 4.99 Å². The fourth-order valence-electron chi connectivity index (χ4n) is 4.84. The number of halogens is 4. The first-order valence-corrected chi connectivity index (χ1v) is 16.2. The van der Waals surface area contributed by atoms with Gasteiger partial charge in [0.15, 0.2) is 11.6 Å². The van der Waals surface area contributed by atoms with Crippen LogP contribution in [0.25, 0.3) is 0 Å². The van der Waals surface area contributed by atoms with Crippen molar-refractivity contribution >= 4 is 66.9 Å². The van der Waals surface area contributed by atoms with Gasteiger partial charge in [-0.05, 0) is 65.7 Å². The summed E-state index contributed by atoms with van der Waals surface area (Å²) in [5, 5.41) is 9.94. The van der Waals surface area contributed by atoms with E-state index >= 15 is 0 Å². The summed E-state index contributed by atoms with van der Waals surface area (Å²) in [4.78, 5) is 19.4. The first-order chi connectivity index (χ1) is 21.3. The Morgan fingerprint density at radius 1 is 0.955 bits per heavy atom. The standard InChI is InChI=1S/C33H29Br2Cl2N3O4/c34-24-11-6-21(7-12-24)19-33(32(42)40-38-20-22-8-15-28(36)29(37)18-22)30(26-4-1-2-5-27(26)35)44-31(39-33)23-9-13-25(14-10-23)43-17-3-16-41/h1-2,4-15,18,30,38,41H,3,16-17,19-20H2,(H,40,42)/t30-,33-/m0/s1. The van der Waals surface area contributed by atoms with Crippen molar-refractivity contribution in [3.8, 4) is 5.75 Å². The van der Waals surface area contributed by atoms with Crippen molar-refractivity contribution in [2.75, 3.05) is 13.2 Å². The number of hydrogen-bond donors (Lipinski definition) is 3. The quantitative estimate of drug-likeness (QED) is 0.102. The maximum atomic E-state index is 14.3. The first-order valence-electron chi connectivity index (χ1n) is 13.9. The maximum absolute atomic E-state index is 14.3. The van der Waals surface area contributed by atoms with Crippen LogP contribution >= 0.6 is 55.1 Å². The molecule has 0 fully saturated rings. The lowest BCUT2D eigenvalue weighted by Crippen LogP contribution is -2.53. The Bertz CT molecular complexity index is 1640. The fourth-order valence-corrected chi connectivity index (χ4v) is 5.92. The van der Waals surface area contributed by atoms with E-state index in [2.05, 4.69) is 42.7 Å². The number of ether oxygens (including phenoxy) is 2. The van der Waals surface area contributed by atoms with Crippen LogP contribution in [0.4, 0.5) is 0 Å². The highest BCUT2D eigenvalue weighted by molar-refractivity contribution is 9.10. The molecule has 2 atom stereocenters. The average Bonchev–Trinajstić information content (AvgIpc) is 3.41. The third-order valence-electron chi connectivity index (χ3n) is 7.08. The van der Waals surface area contributed by atoms with E-state index in [1.807, 2.05) is 78.9 Å². The molecule has 1 amide bonds. The zero-order valence-electron chi connectivity index (χ0n) is 23.4. The molecule has 0 aliphatic carbocycles. The summed E-state index contributed by atoms with van der Waals surface area (Å²) >= 11 is 19.4. The van der Waals surface area contributed by atoms with Crippen molar-refractivity contribution < 1.29 is 19.4 Å². The summed E-state index contributed by atoms with van der Waals surface area (Å²) < 4.78 is 14.0. The summed E-state index contributed by atoms with van der Waals surface area (Å²) in [5.74, 6) is 0.637. The minimum Gasteiger partial charge on any atom is -0.494 e. The molecule has 4 aromatic carbocycles. The first kappa shape index (κ1) is 32.5. The van der Waals surface area contributed by atoms with Crippen LogP contribution in [0.1, 0.15) is 34.8 Å². The maximum Gasteiger partial charge on any atom is 0.266 e. The van der Waals surface area contributed by atoms with Crippen LogP contribution in [0.2, 0.25) is 10.0 Å². The van der Waals surface area contributed by atoms with Gasteiger partial charge in [0.25, 0.3) is 5.91 Å². The van der Waals surface area contributed by atoms with Crippen molar-refractivity contribution in [1.82, 2.24) is 10.9 Å². The third-order valence-corrected chi connectivity index (χ3v) is 9.07. The number of aliphatic hydroxyl groups excluding tert-OH is 1. The molecule has 0 aromatic heterocycles. The minimum absolute atomic E-state index is 0.0595. The molecule has 228 valence electrons. The molecule has 0 spiro atoms. The zero-order valence-corrected chi connectivity index (χ0v) is 28.1. The van der Waals surface area contributed by atoms with Gasteiger partial charge in [-0.25, -0.2) is 10.4 Å². The molecule has 1 aliphatic heterocycles. The van der Waals surface area contributed by atoms with Crippen molar-refractivity contribution in [2.45, 2.75) is 31.0 Å². The van der Waals surface area contributed by atoms with Crippen LogP contribution in [0.5, 0.6) is 5.75 Å². The van der Waals surface area contributed by atoms with E-state index in [0.29, 0.717) is 46.8 Å². The highest BCUT2D eigenvalue weighted by Crippen LogP contribution is 2.44. The van der Waals surface area contributed by atoms with E-state index in [1.54, 1.807) is 12.1 Å². The molecule has 44 heavy (non-hydrogen) atoms. The third kappa shape index (κ3) is 7.65. The number of benzene rings is 4. The Labute approximate surface area is 282 Å². The number of carbonyl (C=O) groups is 1. The number of nitrogens with one attached hydrogen (secondary N) is 2. The lowest BCUT2D eigenvalue weighted by molar-refractivity contribution is -0.130. The Morgan fingerprint density at radius 3 is 2.39 bits per heavy atom. The van der Waals surface area contributed by atoms with Crippen LogP contribution in [0, 0.1) is 0 Å². The van der Waals surface area contributed by atoms with Gasteiger partial charge in [0.05, 0.1) is 16.7 Å². The van der Waals surface area contributed by atoms with Gasteiger partial charge in [-0.2, -0.15) is 0 Å². The molecule has 1 aliphatic rings. The van der Waals surface area contributed by atoms with Gasteiger partial charge in [0, 0.05) is 46.1 Å². The van der Waals surface area contributed by atoms with Gasteiger partial charge < -0.3 is 14.6 Å². The van der Waals surface area contributed by atoms with Crippen LogP contribution < -0.4 is 15.6 Å². The monoisotopic (exact) mass is 759 g/mol. The van der Waals surface area contributed by atoms with Gasteiger partial charge in [-0.1, -0.05) is 91.5 Å². The Hall–Kier alpha value is -2.92. The molecule has 0 radical (unpaired) electrons. The second-order valence-corrected chi connectivity index (χ2v) is 12.8. The number of carbonyl (C=O) groups excluding carboxylic acids is 1. The predicted molar refractivity (Wildman–Crippen MR) is 180 cm³/mol. The van der Waals surface area contributed by atoms with E-state index < -0.39 is 11.6 Å². The van der Waals surface area contributed by atoms with E-state index in [4.69, 9.17) is 42.8 Å². The summed E-state index contributed by atoms with van der Waals surface area (Å²) in [6.45, 7) is 0.777. The highest BCUT2D eigenvalue weighted by atomic mass is 79.9. The van der Waals surface area contributed by atoms with Crippen LogP contribution in [-0.2, 0) is 22.5 Å². The molecular formula is C33H29Br2Cl2N3O4. The van der Waals surface area contributed by atoms with E-state index in [-0.39, 0.29) is 18.9 Å². The SMILES string of the molecule is O=C(NNCc1ccc(Cl)c(Cl)c1)[C@@]1(Cc2ccc(Br)cc2)N=C(c2ccc(OCCCO)cc2)O[C@H]1c1ccccc1Br. The zero-order chi connectivity index (χ0) is 31.1. The summed E-state index contributed by atoms with van der Waals surface area (Å²) in [5.41, 5.74) is 7.79. The topological polar surface area (TPSA) is 92.2 Å². The molecule has 1 heterocycles. The van der Waals surface area contributed by atoms with Gasteiger partial charge in [-0.15, -0.1) is 0 Å². The second-order valence-electron chi connectivity index (χ2n) is 10.2. The Morgan fingerprint density at radius 2 is 1.68 bits per heavy atom. The lowest BCUT2D eigenvalue weighted by atomic mass is 9.82. The van der Waals surface area contributed by atoms with Crippen LogP contribution in [0.3, 0.4) is 0 Å². The molecule has 4 aromatic rings. The average molecular weight is 762 g/mol. The summed E-state index contributed by atoms with van der Waals surface area (Å²) in [6.07, 6.45) is 0.0418. The summed E-state index contributed by atoms with van der Waals surface area (Å²) in [7, 11) is 0. The number of amides is 1. The fraction of sp³-hybridized carbons (Fsp3) is 0.212. The van der Waals surface area contributed by atoms with Gasteiger partial charge in [0.2, 0.25) is 5.90 Å². The van der Waals surface area contributed by atoms with E-state index in [1.165, 1.54) is 0 Å². The molecule has 0 unspecified atom stereocenters. The lowest BCUT2D eigenvalue weighted by Gasteiger charge is -2.31. The molecule has 11 heteroatoms. The molecule has 0 saturated carbocycles. The van der Waals surface area contributed by atoms with Gasteiger partial charge >= 0.3 is 0 Å². The minimum atomic E-state index is -1.38. The Kier molecular flexibility index (Phi) is 11.0. The summed E-state index contributed by atoms with van der Waals surface area (Å²) in [6, 6.07) is 28.1. The van der Waals surface area contributed by atoms with Gasteiger partial charge in [-0.3, -0.25) is 10.2 Å². The van der Waals surface area contributed by atoms with Crippen molar-refractivity contribution in [3.05, 3.63) is 132 Å². The Balaban J connectivity index is 1.51. The highest BCUT2D eigenvalue weighted by Gasteiger charge is 2.54. The number of aliphatic imine (C=N–C) groups is 1. The number of hydrazine groups is 1. The molecule has 0 bridgehead atoms. The smallest absolute Gasteiger partial charge is 0.266 e. The normalized spacial score (nSPS) is 17.6. The molecule has 5 rings (SSSR count). The number of rotatable bonds is 12. The van der Waals surface area contributed by atoms with E-state index in [9.17, 15) is 4.79 Å². The predicted octanol–water partition coefficient (Wildman–Crippen LogP) is 7.60. The number of hydrogen-bond acceptors (Lipinski definition) is 6. The van der Waals surface area contributed by atoms with Crippen LogP contribution in [0.15, 0.2) is 105 Å². The largest absolute Gasteiger partial charge is 0.494 e. The molecule has 0 saturated heterocycles. The van der Waals surface area contributed by atoms with Crippen molar-refractivity contribution in [3.63, 3.8) is 0 Å². The molecule has 7 nitrogen and oxygen atoms in total. The molecule has 3 N–H and O–H groups in total. The second kappa shape index (κ2) is 14.9. The van der Waals surface area contributed by atoms with Gasteiger partial charge in [0.1, 0.15) is 5.75 Å².